The Kier molecular flexibility index (Phi) is 6.01. The molecule has 0 fully saturated rings. The van der Waals surface area contributed by atoms with Crippen LogP contribution in [-0.2, 0) is 22.6 Å². The molecule has 0 saturated carbocycles. The number of nitro benzene ring substituents is 1. The number of nitrogens with one attached hydrogen (secondary N) is 1. The highest BCUT2D eigenvalue weighted by molar-refractivity contribution is 6.32. The Hall–Kier alpha value is -3.01. The molecule has 1 N–H and O–H groups in total. The van der Waals surface area contributed by atoms with Crippen molar-refractivity contribution in [1.29, 1.82) is 0 Å². The molecular weight excluding hydrogens is 356 g/mol. The van der Waals surface area contributed by atoms with E-state index in [4.69, 9.17) is 20.9 Å². The molecule has 0 unspecified atom stereocenters. The predicted octanol–water partition coefficient (Wildman–Crippen LogP) is 1.67. The summed E-state index contributed by atoms with van der Waals surface area (Å²) in [7, 11) is 0. The van der Waals surface area contributed by atoms with Crippen LogP contribution in [0.25, 0.3) is 0 Å². The minimum Gasteiger partial charge on any atom is -0.454 e. The van der Waals surface area contributed by atoms with E-state index in [0.717, 1.165) is 6.07 Å². The third-order valence-electron chi connectivity index (χ3n) is 2.98. The molecule has 10 nitrogen and oxygen atoms in total. The van der Waals surface area contributed by atoms with E-state index in [1.807, 2.05) is 6.92 Å². The van der Waals surface area contributed by atoms with Gasteiger partial charge in [0.2, 0.25) is 0 Å². The smallest absolute Gasteiger partial charge is 0.325 e. The van der Waals surface area contributed by atoms with Gasteiger partial charge in [0, 0.05) is 18.1 Å². The monoisotopic (exact) mass is 368 g/mol. The topological polar surface area (TPSA) is 137 Å². The number of esters is 1. The first-order chi connectivity index (χ1) is 11.9. The van der Waals surface area contributed by atoms with E-state index in [0.29, 0.717) is 12.2 Å². The first kappa shape index (κ1) is 18.3. The molecule has 25 heavy (non-hydrogen) atoms. The van der Waals surface area contributed by atoms with Crippen LogP contribution in [0.15, 0.2) is 22.7 Å². The van der Waals surface area contributed by atoms with Gasteiger partial charge in [0.15, 0.2) is 12.4 Å². The minimum atomic E-state index is -0.729. The van der Waals surface area contributed by atoms with Crippen molar-refractivity contribution in [2.45, 2.75) is 20.0 Å². The summed E-state index contributed by atoms with van der Waals surface area (Å²) in [5.74, 6) is -0.774. The molecule has 0 aliphatic rings. The number of hydrogen-bond donors (Lipinski definition) is 1. The van der Waals surface area contributed by atoms with E-state index in [-0.39, 0.29) is 23.1 Å². The molecule has 1 heterocycles. The first-order valence-corrected chi connectivity index (χ1v) is 7.47. The lowest BCUT2D eigenvalue weighted by Gasteiger charge is -2.05. The fraction of sp³-hybridized carbons (Fsp3) is 0.286. The second kappa shape index (κ2) is 8.20. The number of aryl methyl sites for hydroxylation is 1. The van der Waals surface area contributed by atoms with Crippen LogP contribution < -0.4 is 5.32 Å². The Morgan fingerprint density at radius 2 is 2.20 bits per heavy atom. The molecule has 0 aliphatic heterocycles. The minimum absolute atomic E-state index is 0.00612. The van der Waals surface area contributed by atoms with E-state index >= 15 is 0 Å². The number of nitro groups is 1. The quantitative estimate of drug-likeness (QED) is 0.442. The summed E-state index contributed by atoms with van der Waals surface area (Å²) in [5.41, 5.74) is -0.409. The summed E-state index contributed by atoms with van der Waals surface area (Å²) < 4.78 is 9.72. The molecule has 1 aromatic carbocycles. The number of ether oxygens (including phenoxy) is 1. The van der Waals surface area contributed by atoms with Crippen LogP contribution in [0.4, 0.5) is 5.69 Å². The molecule has 2 rings (SSSR count). The summed E-state index contributed by atoms with van der Waals surface area (Å²) in [6, 6.07) is 3.56. The van der Waals surface area contributed by atoms with Gasteiger partial charge < -0.3 is 14.6 Å². The molecule has 0 spiro atoms. The van der Waals surface area contributed by atoms with Crippen molar-refractivity contribution < 1.29 is 23.8 Å². The molecule has 0 atom stereocenters. The zero-order chi connectivity index (χ0) is 18.4. The second-order valence-electron chi connectivity index (χ2n) is 4.72. The summed E-state index contributed by atoms with van der Waals surface area (Å²) in [6.45, 7) is 1.20. The van der Waals surface area contributed by atoms with Crippen LogP contribution >= 0.6 is 11.6 Å². The van der Waals surface area contributed by atoms with E-state index < -0.39 is 29.0 Å². The third kappa shape index (κ3) is 4.98. The molecular formula is C14H13ClN4O6. The van der Waals surface area contributed by atoms with Crippen molar-refractivity contribution in [1.82, 2.24) is 15.5 Å². The molecule has 11 heteroatoms. The van der Waals surface area contributed by atoms with E-state index in [9.17, 15) is 19.7 Å². The lowest BCUT2D eigenvalue weighted by molar-refractivity contribution is -0.384. The van der Waals surface area contributed by atoms with Crippen LogP contribution in [0.1, 0.15) is 29.0 Å². The zero-order valence-electron chi connectivity index (χ0n) is 13.0. The molecule has 0 saturated heterocycles. The van der Waals surface area contributed by atoms with Gasteiger partial charge >= 0.3 is 5.97 Å². The zero-order valence-corrected chi connectivity index (χ0v) is 13.8. The number of benzene rings is 1. The standard InChI is InChI=1S/C14H13ClN4O6/c1-2-11-17-12(25-18-11)7-24-13(20)6-16-14(21)8-3-4-9(15)10(5-8)19(22)23/h3-5H,2,6-7H2,1H3,(H,16,21). The third-order valence-corrected chi connectivity index (χ3v) is 3.30. The largest absolute Gasteiger partial charge is 0.454 e. The molecule has 2 aromatic rings. The summed E-state index contributed by atoms with van der Waals surface area (Å²) in [4.78, 5) is 37.6. The number of amides is 1. The number of nitrogens with zero attached hydrogens (tertiary/aromatic N) is 3. The Balaban J connectivity index is 1.85. The first-order valence-electron chi connectivity index (χ1n) is 7.10. The van der Waals surface area contributed by atoms with Crippen molar-refractivity contribution in [2.24, 2.45) is 0 Å². The fourth-order valence-corrected chi connectivity index (χ4v) is 1.92. The van der Waals surface area contributed by atoms with Crippen molar-refractivity contribution in [3.05, 3.63) is 50.6 Å². The van der Waals surface area contributed by atoms with Gasteiger partial charge in [0.05, 0.1) is 4.92 Å². The van der Waals surface area contributed by atoms with Crippen LogP contribution in [-0.4, -0.2) is 33.5 Å². The second-order valence-corrected chi connectivity index (χ2v) is 5.13. The lowest BCUT2D eigenvalue weighted by atomic mass is 10.2. The van der Waals surface area contributed by atoms with Gasteiger partial charge in [-0.15, -0.1) is 0 Å². The maximum Gasteiger partial charge on any atom is 0.325 e. The normalized spacial score (nSPS) is 10.3. The number of hydrogen-bond acceptors (Lipinski definition) is 8. The van der Waals surface area contributed by atoms with Crippen molar-refractivity contribution >= 4 is 29.2 Å². The number of carbonyl (C=O) groups is 2. The summed E-state index contributed by atoms with van der Waals surface area (Å²) >= 11 is 5.67. The predicted molar refractivity (Wildman–Crippen MR) is 83.9 cm³/mol. The highest BCUT2D eigenvalue weighted by Gasteiger charge is 2.17. The number of carbonyl (C=O) groups excluding carboxylic acids is 2. The Morgan fingerprint density at radius 3 is 2.84 bits per heavy atom. The Morgan fingerprint density at radius 1 is 1.44 bits per heavy atom. The van der Waals surface area contributed by atoms with Gasteiger partial charge in [-0.1, -0.05) is 23.7 Å². The molecule has 1 aromatic heterocycles. The molecule has 0 aliphatic carbocycles. The van der Waals surface area contributed by atoms with Gasteiger partial charge in [0.25, 0.3) is 17.5 Å². The SMILES string of the molecule is CCc1noc(COC(=O)CNC(=O)c2ccc(Cl)c([N+](=O)[O-])c2)n1. The molecule has 0 bridgehead atoms. The Labute approximate surface area is 146 Å². The highest BCUT2D eigenvalue weighted by atomic mass is 35.5. The van der Waals surface area contributed by atoms with E-state index in [2.05, 4.69) is 15.5 Å². The average Bonchev–Trinajstić information content (AvgIpc) is 3.06. The summed E-state index contributed by atoms with van der Waals surface area (Å²) in [6.07, 6.45) is 0.584. The van der Waals surface area contributed by atoms with Gasteiger partial charge in [-0.2, -0.15) is 4.98 Å². The average molecular weight is 369 g/mol. The van der Waals surface area contributed by atoms with Gasteiger partial charge in [-0.05, 0) is 12.1 Å². The molecule has 132 valence electrons. The highest BCUT2D eigenvalue weighted by Crippen LogP contribution is 2.24. The summed E-state index contributed by atoms with van der Waals surface area (Å²) in [5, 5.41) is 16.6. The van der Waals surface area contributed by atoms with Crippen molar-refractivity contribution in [3.8, 4) is 0 Å². The van der Waals surface area contributed by atoms with Crippen LogP contribution in [0.5, 0.6) is 0 Å². The fourth-order valence-electron chi connectivity index (χ4n) is 1.73. The number of halogens is 1. The van der Waals surface area contributed by atoms with Crippen LogP contribution in [0, 0.1) is 10.1 Å². The van der Waals surface area contributed by atoms with Crippen molar-refractivity contribution in [3.63, 3.8) is 0 Å². The maximum absolute atomic E-state index is 11.9. The Bertz CT molecular complexity index is 806. The van der Waals surface area contributed by atoms with Crippen LogP contribution in [0.3, 0.4) is 0 Å². The lowest BCUT2D eigenvalue weighted by Crippen LogP contribution is -2.30. The van der Waals surface area contributed by atoms with Gasteiger partial charge in [-0.3, -0.25) is 19.7 Å². The maximum atomic E-state index is 11.9. The number of aromatic nitrogens is 2. The molecule has 1 amide bonds. The number of rotatable bonds is 7. The van der Waals surface area contributed by atoms with Gasteiger partial charge in [0.1, 0.15) is 11.6 Å². The van der Waals surface area contributed by atoms with E-state index in [1.54, 1.807) is 0 Å². The van der Waals surface area contributed by atoms with Crippen LogP contribution in [0.2, 0.25) is 5.02 Å². The van der Waals surface area contributed by atoms with E-state index in [1.165, 1.54) is 12.1 Å². The van der Waals surface area contributed by atoms with Gasteiger partial charge in [-0.25, -0.2) is 0 Å². The molecule has 0 radical (unpaired) electrons. The van der Waals surface area contributed by atoms with Crippen molar-refractivity contribution in [2.75, 3.05) is 6.54 Å².